The second-order valence-electron chi connectivity index (χ2n) is 4.48. The summed E-state index contributed by atoms with van der Waals surface area (Å²) in [5, 5.41) is 3.23. The summed E-state index contributed by atoms with van der Waals surface area (Å²) in [6, 6.07) is 6.31. The fourth-order valence-corrected chi connectivity index (χ4v) is 2.35. The van der Waals surface area contributed by atoms with Gasteiger partial charge in [-0.05, 0) is 42.9 Å². The Morgan fingerprint density at radius 3 is 3.00 bits per heavy atom. The monoisotopic (exact) mass is 233 g/mol. The molecule has 0 atom stereocenters. The average molecular weight is 233 g/mol. The predicted molar refractivity (Wildman–Crippen MR) is 68.5 cm³/mol. The Morgan fingerprint density at radius 1 is 1.35 bits per heavy atom. The minimum Gasteiger partial charge on any atom is -0.378 e. The fourth-order valence-electron chi connectivity index (χ4n) is 2.35. The number of methoxy groups -OCH3 is 1. The number of hydrogen-bond acceptors (Lipinski definition) is 3. The number of aryl methyl sites for hydroxylation is 1. The standard InChI is InChI=1S/C14H19NO2/c1-17-10-12(16)9-15-14-8-4-6-11-5-2-3-7-13(11)14/h4,6,8,15H,2-3,5,7,9-10H2,1H3. The highest BCUT2D eigenvalue weighted by Gasteiger charge is 2.13. The van der Waals surface area contributed by atoms with E-state index < -0.39 is 0 Å². The SMILES string of the molecule is COCC(=O)CNc1cccc2c1CCCC2. The molecule has 17 heavy (non-hydrogen) atoms. The van der Waals surface area contributed by atoms with E-state index >= 15 is 0 Å². The molecule has 0 radical (unpaired) electrons. The maximum Gasteiger partial charge on any atom is 0.177 e. The molecule has 0 saturated carbocycles. The van der Waals surface area contributed by atoms with Gasteiger partial charge in [0, 0.05) is 12.8 Å². The van der Waals surface area contributed by atoms with Gasteiger partial charge < -0.3 is 10.1 Å². The molecular weight excluding hydrogens is 214 g/mol. The summed E-state index contributed by atoms with van der Waals surface area (Å²) in [4.78, 5) is 11.4. The summed E-state index contributed by atoms with van der Waals surface area (Å²) >= 11 is 0. The number of hydrogen-bond donors (Lipinski definition) is 1. The average Bonchev–Trinajstić information content (AvgIpc) is 2.36. The molecule has 0 heterocycles. The van der Waals surface area contributed by atoms with Crippen molar-refractivity contribution in [2.45, 2.75) is 25.7 Å². The van der Waals surface area contributed by atoms with Crippen molar-refractivity contribution in [3.05, 3.63) is 29.3 Å². The summed E-state index contributed by atoms with van der Waals surface area (Å²) in [7, 11) is 1.54. The minimum absolute atomic E-state index is 0.0842. The van der Waals surface area contributed by atoms with Crippen LogP contribution in [0.2, 0.25) is 0 Å². The van der Waals surface area contributed by atoms with Gasteiger partial charge in [-0.1, -0.05) is 12.1 Å². The Bertz CT molecular complexity index is 401. The number of Topliss-reactive ketones (excluding diaryl/α,β-unsaturated/α-hetero) is 1. The first-order chi connectivity index (χ1) is 8.31. The van der Waals surface area contributed by atoms with Crippen molar-refractivity contribution in [1.29, 1.82) is 0 Å². The number of carbonyl (C=O) groups is 1. The first kappa shape index (κ1) is 12.1. The third kappa shape index (κ3) is 3.07. The second kappa shape index (κ2) is 5.82. The van der Waals surface area contributed by atoms with Crippen molar-refractivity contribution in [1.82, 2.24) is 0 Å². The zero-order valence-electron chi connectivity index (χ0n) is 10.3. The molecule has 1 N–H and O–H groups in total. The van der Waals surface area contributed by atoms with Gasteiger partial charge in [-0.3, -0.25) is 4.79 Å². The van der Waals surface area contributed by atoms with Crippen LogP contribution in [0.15, 0.2) is 18.2 Å². The van der Waals surface area contributed by atoms with E-state index in [0.29, 0.717) is 6.54 Å². The molecule has 1 aliphatic carbocycles. The van der Waals surface area contributed by atoms with Gasteiger partial charge in [0.2, 0.25) is 0 Å². The molecule has 0 spiro atoms. The maximum absolute atomic E-state index is 11.4. The third-order valence-corrected chi connectivity index (χ3v) is 3.18. The van der Waals surface area contributed by atoms with E-state index in [1.165, 1.54) is 24.0 Å². The van der Waals surface area contributed by atoms with Gasteiger partial charge in [0.25, 0.3) is 0 Å². The quantitative estimate of drug-likeness (QED) is 0.847. The van der Waals surface area contributed by atoms with Crippen molar-refractivity contribution in [2.24, 2.45) is 0 Å². The largest absolute Gasteiger partial charge is 0.378 e. The molecule has 3 nitrogen and oxygen atoms in total. The van der Waals surface area contributed by atoms with Crippen molar-refractivity contribution in [2.75, 3.05) is 25.6 Å². The van der Waals surface area contributed by atoms with E-state index in [-0.39, 0.29) is 12.4 Å². The number of rotatable bonds is 5. The molecule has 92 valence electrons. The van der Waals surface area contributed by atoms with Crippen LogP contribution in [0.4, 0.5) is 5.69 Å². The van der Waals surface area contributed by atoms with Crippen LogP contribution in [-0.2, 0) is 22.4 Å². The highest BCUT2D eigenvalue weighted by molar-refractivity contribution is 5.84. The number of ether oxygens (including phenoxy) is 1. The van der Waals surface area contributed by atoms with Gasteiger partial charge in [-0.2, -0.15) is 0 Å². The topological polar surface area (TPSA) is 38.3 Å². The van der Waals surface area contributed by atoms with Crippen LogP contribution in [-0.4, -0.2) is 26.0 Å². The summed E-state index contributed by atoms with van der Waals surface area (Å²) in [6.07, 6.45) is 4.81. The zero-order valence-corrected chi connectivity index (χ0v) is 10.3. The molecule has 0 bridgehead atoms. The number of benzene rings is 1. The van der Waals surface area contributed by atoms with Crippen LogP contribution in [0.1, 0.15) is 24.0 Å². The van der Waals surface area contributed by atoms with Crippen LogP contribution >= 0.6 is 0 Å². The molecule has 0 unspecified atom stereocenters. The first-order valence-corrected chi connectivity index (χ1v) is 6.16. The summed E-state index contributed by atoms with van der Waals surface area (Å²) in [6.45, 7) is 0.534. The van der Waals surface area contributed by atoms with Gasteiger partial charge in [0.05, 0.1) is 6.54 Å². The van der Waals surface area contributed by atoms with Crippen molar-refractivity contribution in [3.8, 4) is 0 Å². The fraction of sp³-hybridized carbons (Fsp3) is 0.500. The molecule has 3 heteroatoms. The molecule has 1 aliphatic rings. The van der Waals surface area contributed by atoms with Crippen LogP contribution in [0.5, 0.6) is 0 Å². The minimum atomic E-state index is 0.0842. The summed E-state index contributed by atoms with van der Waals surface area (Å²) in [5.74, 6) is 0.0842. The van der Waals surface area contributed by atoms with Gasteiger partial charge in [0.1, 0.15) is 6.61 Å². The molecule has 0 amide bonds. The third-order valence-electron chi connectivity index (χ3n) is 3.18. The van der Waals surface area contributed by atoms with E-state index in [1.807, 2.05) is 0 Å². The van der Waals surface area contributed by atoms with Crippen molar-refractivity contribution in [3.63, 3.8) is 0 Å². The molecule has 0 aromatic heterocycles. The van der Waals surface area contributed by atoms with Crippen LogP contribution in [0, 0.1) is 0 Å². The van der Waals surface area contributed by atoms with Gasteiger partial charge >= 0.3 is 0 Å². The van der Waals surface area contributed by atoms with Crippen molar-refractivity contribution >= 4 is 11.5 Å². The molecule has 1 aromatic rings. The Balaban J connectivity index is 2.03. The Hall–Kier alpha value is -1.35. The number of fused-ring (bicyclic) bond motifs is 1. The van der Waals surface area contributed by atoms with E-state index in [9.17, 15) is 4.79 Å². The lowest BCUT2D eigenvalue weighted by Crippen LogP contribution is -2.19. The highest BCUT2D eigenvalue weighted by atomic mass is 16.5. The number of carbonyl (C=O) groups excluding carboxylic acids is 1. The lowest BCUT2D eigenvalue weighted by atomic mass is 9.90. The lowest BCUT2D eigenvalue weighted by molar-refractivity contribution is -0.120. The van der Waals surface area contributed by atoms with E-state index in [1.54, 1.807) is 7.11 Å². The second-order valence-corrected chi connectivity index (χ2v) is 4.48. The lowest BCUT2D eigenvalue weighted by Gasteiger charge is -2.19. The van der Waals surface area contributed by atoms with Gasteiger partial charge in [0.15, 0.2) is 5.78 Å². The summed E-state index contributed by atoms with van der Waals surface area (Å²) in [5.41, 5.74) is 3.94. The smallest absolute Gasteiger partial charge is 0.177 e. The molecule has 0 aliphatic heterocycles. The van der Waals surface area contributed by atoms with Gasteiger partial charge in [-0.25, -0.2) is 0 Å². The van der Waals surface area contributed by atoms with Crippen LogP contribution in [0.25, 0.3) is 0 Å². The predicted octanol–water partition coefficient (Wildman–Crippen LogP) is 2.19. The summed E-state index contributed by atoms with van der Waals surface area (Å²) < 4.78 is 4.82. The van der Waals surface area contributed by atoms with E-state index in [0.717, 1.165) is 18.5 Å². The Morgan fingerprint density at radius 2 is 2.18 bits per heavy atom. The van der Waals surface area contributed by atoms with Crippen LogP contribution in [0.3, 0.4) is 0 Å². The van der Waals surface area contributed by atoms with E-state index in [2.05, 4.69) is 23.5 Å². The number of ketones is 1. The maximum atomic E-state index is 11.4. The van der Waals surface area contributed by atoms with Gasteiger partial charge in [-0.15, -0.1) is 0 Å². The number of anilines is 1. The number of nitrogens with one attached hydrogen (secondary N) is 1. The van der Waals surface area contributed by atoms with Crippen molar-refractivity contribution < 1.29 is 9.53 Å². The molecular formula is C14H19NO2. The molecule has 2 rings (SSSR count). The Kier molecular flexibility index (Phi) is 4.15. The molecule has 0 fully saturated rings. The zero-order chi connectivity index (χ0) is 12.1. The first-order valence-electron chi connectivity index (χ1n) is 6.16. The Labute approximate surface area is 102 Å². The van der Waals surface area contributed by atoms with Crippen LogP contribution < -0.4 is 5.32 Å². The highest BCUT2D eigenvalue weighted by Crippen LogP contribution is 2.27. The van der Waals surface area contributed by atoms with E-state index in [4.69, 9.17) is 4.74 Å². The molecule has 0 saturated heterocycles. The normalized spacial score (nSPS) is 14.2. The molecule has 1 aromatic carbocycles.